The van der Waals surface area contributed by atoms with Crippen molar-refractivity contribution in [2.75, 3.05) is 0 Å². The lowest BCUT2D eigenvalue weighted by molar-refractivity contribution is 0.475. The SMILES string of the molecule is CC.F.F.F.F.Oc1ccccc1.c1ccccc1. The summed E-state index contributed by atoms with van der Waals surface area (Å²) < 4.78 is 0. The van der Waals surface area contributed by atoms with Gasteiger partial charge in [-0.15, -0.1) is 0 Å². The summed E-state index contributed by atoms with van der Waals surface area (Å²) >= 11 is 0. The number of para-hydroxylation sites is 1. The van der Waals surface area contributed by atoms with Crippen molar-refractivity contribution in [1.82, 2.24) is 0 Å². The van der Waals surface area contributed by atoms with Gasteiger partial charge in [0, 0.05) is 0 Å². The van der Waals surface area contributed by atoms with E-state index < -0.39 is 0 Å². The molecule has 1 nitrogen and oxygen atoms in total. The minimum absolute atomic E-state index is 0. The molecule has 2 aromatic carbocycles. The van der Waals surface area contributed by atoms with Crippen LogP contribution in [0, 0.1) is 0 Å². The number of rotatable bonds is 0. The van der Waals surface area contributed by atoms with Gasteiger partial charge in [-0.3, -0.25) is 18.8 Å². The molecule has 112 valence electrons. The predicted octanol–water partition coefficient (Wildman–Crippen LogP) is 4.72. The Hall–Kier alpha value is -2.04. The van der Waals surface area contributed by atoms with E-state index in [-0.39, 0.29) is 18.8 Å². The van der Waals surface area contributed by atoms with Gasteiger partial charge in [-0.1, -0.05) is 68.4 Å². The summed E-state index contributed by atoms with van der Waals surface area (Å²) in [6.07, 6.45) is 0. The van der Waals surface area contributed by atoms with Crippen LogP contribution in [0.4, 0.5) is 18.8 Å². The molecule has 0 unspecified atom stereocenters. The molecule has 2 aromatic rings. The highest BCUT2D eigenvalue weighted by Crippen LogP contribution is 2.02. The normalized spacial score (nSPS) is 6.00. The summed E-state index contributed by atoms with van der Waals surface area (Å²) in [7, 11) is 0. The third-order valence-electron chi connectivity index (χ3n) is 1.42. The maximum absolute atomic E-state index is 8.63. The van der Waals surface area contributed by atoms with E-state index in [1.807, 2.05) is 56.3 Å². The van der Waals surface area contributed by atoms with Crippen LogP contribution in [0.15, 0.2) is 66.7 Å². The average Bonchev–Trinajstić information content (AvgIpc) is 2.36. The smallest absolute Gasteiger partial charge is 0.115 e. The van der Waals surface area contributed by atoms with Crippen LogP contribution >= 0.6 is 0 Å². The van der Waals surface area contributed by atoms with Crippen molar-refractivity contribution in [2.45, 2.75) is 13.8 Å². The van der Waals surface area contributed by atoms with Crippen molar-refractivity contribution >= 4 is 0 Å². The molecule has 0 radical (unpaired) electrons. The van der Waals surface area contributed by atoms with Crippen LogP contribution in [-0.2, 0) is 0 Å². The molecular formula is C14H22F4O. The van der Waals surface area contributed by atoms with Gasteiger partial charge in [-0.25, -0.2) is 0 Å². The standard InChI is InChI=1S/C6H6O.C6H6.C2H6.4FH/c7-6-4-2-1-3-5-6;1-2-4-6-5-3-1;1-2;;;;/h1-5,7H;1-6H;1-2H3;4*1H. The summed E-state index contributed by atoms with van der Waals surface area (Å²) in [4.78, 5) is 0. The lowest BCUT2D eigenvalue weighted by Crippen LogP contribution is -1.56. The van der Waals surface area contributed by atoms with Crippen molar-refractivity contribution in [1.29, 1.82) is 0 Å². The molecule has 0 saturated carbocycles. The Morgan fingerprint density at radius 1 is 0.526 bits per heavy atom. The predicted molar refractivity (Wildman–Crippen MR) is 75.9 cm³/mol. The molecule has 0 aliphatic carbocycles. The van der Waals surface area contributed by atoms with Crippen LogP contribution < -0.4 is 0 Å². The van der Waals surface area contributed by atoms with Gasteiger partial charge in [0.25, 0.3) is 0 Å². The highest BCUT2D eigenvalue weighted by Gasteiger charge is 1.74. The number of halogens is 4. The highest BCUT2D eigenvalue weighted by atomic mass is 19.0. The molecule has 0 spiro atoms. The number of benzene rings is 2. The molecule has 5 heteroatoms. The lowest BCUT2D eigenvalue weighted by Gasteiger charge is -1.82. The van der Waals surface area contributed by atoms with Crippen LogP contribution in [0.1, 0.15) is 13.8 Å². The van der Waals surface area contributed by atoms with Gasteiger partial charge in [-0.2, -0.15) is 0 Å². The molecule has 0 aliphatic heterocycles. The van der Waals surface area contributed by atoms with E-state index in [0.717, 1.165) is 0 Å². The Kier molecular flexibility index (Phi) is 39.7. The molecule has 1 N–H and O–H groups in total. The first kappa shape index (κ1) is 30.2. The second-order valence-corrected chi connectivity index (χ2v) is 2.49. The largest absolute Gasteiger partial charge is 0.508 e. The van der Waals surface area contributed by atoms with E-state index in [4.69, 9.17) is 5.11 Å². The second kappa shape index (κ2) is 25.0. The maximum atomic E-state index is 8.63. The monoisotopic (exact) mass is 282 g/mol. The number of phenols is 1. The first-order valence-corrected chi connectivity index (χ1v) is 5.13. The molecule has 0 amide bonds. The van der Waals surface area contributed by atoms with Crippen LogP contribution in [0.5, 0.6) is 5.75 Å². The van der Waals surface area contributed by atoms with Crippen LogP contribution in [0.3, 0.4) is 0 Å². The molecule has 0 heterocycles. The van der Waals surface area contributed by atoms with Gasteiger partial charge in [0.05, 0.1) is 0 Å². The van der Waals surface area contributed by atoms with Crippen LogP contribution in [0.2, 0.25) is 0 Å². The summed E-state index contributed by atoms with van der Waals surface area (Å²) in [5.41, 5.74) is 0. The van der Waals surface area contributed by atoms with Crippen molar-refractivity contribution in [3.05, 3.63) is 66.7 Å². The fraction of sp³-hybridized carbons (Fsp3) is 0.143. The molecule has 19 heavy (non-hydrogen) atoms. The molecular weight excluding hydrogens is 260 g/mol. The number of phenolic OH excluding ortho intramolecular Hbond substituents is 1. The molecule has 0 aliphatic rings. The molecule has 0 fully saturated rings. The fourth-order valence-corrected chi connectivity index (χ4v) is 0.813. The Balaban J connectivity index is -0.0000000515. The van der Waals surface area contributed by atoms with E-state index in [9.17, 15) is 0 Å². The third kappa shape index (κ3) is 21.7. The Morgan fingerprint density at radius 2 is 0.737 bits per heavy atom. The first-order chi connectivity index (χ1) is 7.39. The van der Waals surface area contributed by atoms with E-state index in [1.165, 1.54) is 0 Å². The Labute approximate surface area is 111 Å². The van der Waals surface area contributed by atoms with Gasteiger partial charge in [0.15, 0.2) is 0 Å². The Bertz CT molecular complexity index is 290. The van der Waals surface area contributed by atoms with Gasteiger partial charge >= 0.3 is 0 Å². The zero-order valence-electron chi connectivity index (χ0n) is 10.9. The molecule has 0 aromatic heterocycles. The summed E-state index contributed by atoms with van der Waals surface area (Å²) in [5.74, 6) is 0.322. The zero-order valence-corrected chi connectivity index (χ0v) is 10.9. The Morgan fingerprint density at radius 3 is 0.895 bits per heavy atom. The van der Waals surface area contributed by atoms with E-state index in [1.54, 1.807) is 24.3 Å². The van der Waals surface area contributed by atoms with Gasteiger partial charge in [0.1, 0.15) is 5.75 Å². The third-order valence-corrected chi connectivity index (χ3v) is 1.42. The fourth-order valence-electron chi connectivity index (χ4n) is 0.813. The number of hydrogen-bond donors (Lipinski definition) is 1. The summed E-state index contributed by atoms with van der Waals surface area (Å²) in [6, 6.07) is 20.7. The molecule has 2 rings (SSSR count). The minimum atomic E-state index is 0. The molecule has 0 bridgehead atoms. The minimum Gasteiger partial charge on any atom is -0.508 e. The first-order valence-electron chi connectivity index (χ1n) is 5.13. The lowest BCUT2D eigenvalue weighted by atomic mass is 10.3. The van der Waals surface area contributed by atoms with Gasteiger partial charge < -0.3 is 5.11 Å². The van der Waals surface area contributed by atoms with Gasteiger partial charge in [0.2, 0.25) is 0 Å². The van der Waals surface area contributed by atoms with Crippen LogP contribution in [0.25, 0.3) is 0 Å². The van der Waals surface area contributed by atoms with Crippen molar-refractivity contribution in [3.63, 3.8) is 0 Å². The topological polar surface area (TPSA) is 20.2 Å². The van der Waals surface area contributed by atoms with E-state index in [2.05, 4.69) is 0 Å². The number of aromatic hydroxyl groups is 1. The molecule has 0 saturated heterocycles. The number of hydrogen-bond acceptors (Lipinski definition) is 1. The van der Waals surface area contributed by atoms with E-state index in [0.29, 0.717) is 5.75 Å². The summed E-state index contributed by atoms with van der Waals surface area (Å²) in [5, 5.41) is 8.63. The zero-order chi connectivity index (χ0) is 11.4. The molecule has 0 atom stereocenters. The highest BCUT2D eigenvalue weighted by molar-refractivity contribution is 5.18. The maximum Gasteiger partial charge on any atom is 0.115 e. The average molecular weight is 282 g/mol. The quantitative estimate of drug-likeness (QED) is 0.693. The van der Waals surface area contributed by atoms with Crippen molar-refractivity contribution < 1.29 is 23.9 Å². The van der Waals surface area contributed by atoms with Crippen molar-refractivity contribution in [2.24, 2.45) is 0 Å². The van der Waals surface area contributed by atoms with Crippen LogP contribution in [-0.4, -0.2) is 5.11 Å². The van der Waals surface area contributed by atoms with Crippen molar-refractivity contribution in [3.8, 4) is 5.75 Å². The second-order valence-electron chi connectivity index (χ2n) is 2.49. The summed E-state index contributed by atoms with van der Waals surface area (Å²) in [6.45, 7) is 4.00. The van der Waals surface area contributed by atoms with E-state index >= 15 is 0 Å². The van der Waals surface area contributed by atoms with Gasteiger partial charge in [-0.05, 0) is 12.1 Å².